The van der Waals surface area contributed by atoms with E-state index in [1.165, 1.54) is 19.3 Å². The van der Waals surface area contributed by atoms with Crippen molar-refractivity contribution in [2.45, 2.75) is 45.7 Å². The van der Waals surface area contributed by atoms with E-state index in [1.807, 2.05) is 29.2 Å². The lowest BCUT2D eigenvalue weighted by Crippen LogP contribution is -2.50. The molecule has 0 aliphatic carbocycles. The first-order chi connectivity index (χ1) is 15.1. The molecule has 1 amide bonds. The maximum absolute atomic E-state index is 13.2. The number of ether oxygens (including phenoxy) is 1. The highest BCUT2D eigenvalue weighted by Gasteiger charge is 2.24. The van der Waals surface area contributed by atoms with Crippen molar-refractivity contribution in [1.29, 1.82) is 0 Å². The molecule has 2 fully saturated rings. The third kappa shape index (κ3) is 5.63. The standard InChI is InChI=1S/C25H34N4O2/c1-20(2)28-13-15-29(16-14-28)25(30)21-8-9-22(19-27-11-4-3-5-12-27)24(17-21)31-23-7-6-10-26-18-23/h6-10,17-18,20H,3-5,11-16,19H2,1-2H3. The van der Waals surface area contributed by atoms with Gasteiger partial charge in [0.25, 0.3) is 5.91 Å². The van der Waals surface area contributed by atoms with Gasteiger partial charge in [0.15, 0.2) is 0 Å². The molecule has 2 saturated heterocycles. The molecular formula is C25H34N4O2. The van der Waals surface area contributed by atoms with Gasteiger partial charge in [0.2, 0.25) is 0 Å². The van der Waals surface area contributed by atoms with Crippen LogP contribution in [0.15, 0.2) is 42.7 Å². The Morgan fingerprint density at radius 1 is 1.03 bits per heavy atom. The van der Waals surface area contributed by atoms with Gasteiger partial charge in [-0.1, -0.05) is 12.5 Å². The number of benzene rings is 1. The molecule has 1 aromatic carbocycles. The Morgan fingerprint density at radius 2 is 1.81 bits per heavy atom. The molecular weight excluding hydrogens is 388 g/mol. The molecule has 0 N–H and O–H groups in total. The van der Waals surface area contributed by atoms with Gasteiger partial charge in [0, 0.05) is 56.1 Å². The van der Waals surface area contributed by atoms with E-state index in [2.05, 4.69) is 34.7 Å². The Labute approximate surface area is 185 Å². The number of rotatable bonds is 6. The molecule has 0 unspecified atom stereocenters. The fourth-order valence-electron chi connectivity index (χ4n) is 4.43. The Hall–Kier alpha value is -2.44. The summed E-state index contributed by atoms with van der Waals surface area (Å²) in [5.74, 6) is 1.53. The first kappa shape index (κ1) is 21.8. The van der Waals surface area contributed by atoms with Crippen molar-refractivity contribution in [3.05, 3.63) is 53.9 Å². The number of aromatic nitrogens is 1. The second-order valence-electron chi connectivity index (χ2n) is 8.87. The smallest absolute Gasteiger partial charge is 0.254 e. The lowest BCUT2D eigenvalue weighted by Gasteiger charge is -2.37. The summed E-state index contributed by atoms with van der Waals surface area (Å²) in [6.07, 6.45) is 7.26. The summed E-state index contributed by atoms with van der Waals surface area (Å²) in [5.41, 5.74) is 1.81. The average Bonchev–Trinajstić information content (AvgIpc) is 2.81. The van der Waals surface area contributed by atoms with Gasteiger partial charge in [-0.15, -0.1) is 0 Å². The molecule has 166 valence electrons. The second-order valence-corrected chi connectivity index (χ2v) is 8.87. The number of likely N-dealkylation sites (tertiary alicyclic amines) is 1. The van der Waals surface area contributed by atoms with E-state index in [9.17, 15) is 4.79 Å². The van der Waals surface area contributed by atoms with Crippen LogP contribution in [0.2, 0.25) is 0 Å². The highest BCUT2D eigenvalue weighted by molar-refractivity contribution is 5.94. The normalized spacial score (nSPS) is 18.4. The minimum atomic E-state index is 0.0870. The third-order valence-electron chi connectivity index (χ3n) is 6.35. The topological polar surface area (TPSA) is 48.9 Å². The van der Waals surface area contributed by atoms with Crippen LogP contribution in [0.25, 0.3) is 0 Å². The highest BCUT2D eigenvalue weighted by atomic mass is 16.5. The maximum Gasteiger partial charge on any atom is 0.254 e. The van der Waals surface area contributed by atoms with E-state index in [0.717, 1.165) is 57.1 Å². The number of amides is 1. The van der Waals surface area contributed by atoms with Crippen molar-refractivity contribution in [3.8, 4) is 11.5 Å². The molecule has 0 atom stereocenters. The van der Waals surface area contributed by atoms with Crippen LogP contribution in [0.4, 0.5) is 0 Å². The lowest BCUT2D eigenvalue weighted by molar-refractivity contribution is 0.0595. The SMILES string of the molecule is CC(C)N1CCN(C(=O)c2ccc(CN3CCCCC3)c(Oc3cccnc3)c2)CC1. The van der Waals surface area contributed by atoms with E-state index < -0.39 is 0 Å². The predicted octanol–water partition coefficient (Wildman–Crippen LogP) is 4.03. The van der Waals surface area contributed by atoms with E-state index in [-0.39, 0.29) is 5.91 Å². The maximum atomic E-state index is 13.2. The fraction of sp³-hybridized carbons (Fsp3) is 0.520. The summed E-state index contributed by atoms with van der Waals surface area (Å²) in [4.78, 5) is 24.2. The van der Waals surface area contributed by atoms with Gasteiger partial charge in [-0.05, 0) is 64.0 Å². The van der Waals surface area contributed by atoms with Crippen molar-refractivity contribution in [2.75, 3.05) is 39.3 Å². The highest BCUT2D eigenvalue weighted by Crippen LogP contribution is 2.29. The molecule has 0 radical (unpaired) electrons. The first-order valence-electron chi connectivity index (χ1n) is 11.6. The zero-order valence-corrected chi connectivity index (χ0v) is 18.8. The second kappa shape index (κ2) is 10.2. The Kier molecular flexibility index (Phi) is 7.20. The average molecular weight is 423 g/mol. The van der Waals surface area contributed by atoms with E-state index in [4.69, 9.17) is 4.74 Å². The van der Waals surface area contributed by atoms with Gasteiger partial charge in [-0.3, -0.25) is 19.6 Å². The van der Waals surface area contributed by atoms with Gasteiger partial charge in [0.1, 0.15) is 11.5 Å². The molecule has 6 nitrogen and oxygen atoms in total. The molecule has 2 aliphatic heterocycles. The lowest BCUT2D eigenvalue weighted by atomic mass is 10.1. The van der Waals surface area contributed by atoms with Crippen molar-refractivity contribution >= 4 is 5.91 Å². The number of pyridine rings is 1. The number of carbonyl (C=O) groups excluding carboxylic acids is 1. The zero-order chi connectivity index (χ0) is 21.6. The minimum absolute atomic E-state index is 0.0870. The van der Waals surface area contributed by atoms with Crippen LogP contribution in [0.1, 0.15) is 49.0 Å². The number of hydrogen-bond donors (Lipinski definition) is 0. The number of piperazine rings is 1. The van der Waals surface area contributed by atoms with Crippen LogP contribution in [-0.4, -0.2) is 70.9 Å². The molecule has 3 heterocycles. The molecule has 0 bridgehead atoms. The molecule has 1 aromatic heterocycles. The number of hydrogen-bond acceptors (Lipinski definition) is 5. The summed E-state index contributed by atoms with van der Waals surface area (Å²) in [5, 5.41) is 0. The first-order valence-corrected chi connectivity index (χ1v) is 11.6. The fourth-order valence-corrected chi connectivity index (χ4v) is 4.43. The van der Waals surface area contributed by atoms with Crippen LogP contribution < -0.4 is 4.74 Å². The summed E-state index contributed by atoms with van der Waals surface area (Å²) >= 11 is 0. The van der Waals surface area contributed by atoms with Crippen LogP contribution >= 0.6 is 0 Å². The molecule has 4 rings (SSSR count). The molecule has 0 spiro atoms. The zero-order valence-electron chi connectivity index (χ0n) is 18.8. The molecule has 31 heavy (non-hydrogen) atoms. The summed E-state index contributed by atoms with van der Waals surface area (Å²) < 4.78 is 6.21. The van der Waals surface area contributed by atoms with E-state index in [1.54, 1.807) is 12.4 Å². The molecule has 6 heteroatoms. The Balaban J connectivity index is 1.53. The summed E-state index contributed by atoms with van der Waals surface area (Å²) in [6, 6.07) is 10.2. The van der Waals surface area contributed by atoms with Crippen LogP contribution in [0, 0.1) is 0 Å². The predicted molar refractivity (Wildman–Crippen MR) is 122 cm³/mol. The summed E-state index contributed by atoms with van der Waals surface area (Å²) in [7, 11) is 0. The van der Waals surface area contributed by atoms with Crippen molar-refractivity contribution in [1.82, 2.24) is 19.7 Å². The van der Waals surface area contributed by atoms with Crippen LogP contribution in [0.5, 0.6) is 11.5 Å². The van der Waals surface area contributed by atoms with Gasteiger partial charge in [-0.25, -0.2) is 0 Å². The van der Waals surface area contributed by atoms with Gasteiger partial charge < -0.3 is 9.64 Å². The molecule has 2 aromatic rings. The number of piperidine rings is 1. The van der Waals surface area contributed by atoms with Gasteiger partial charge in [-0.2, -0.15) is 0 Å². The molecule has 2 aliphatic rings. The monoisotopic (exact) mass is 422 g/mol. The third-order valence-corrected chi connectivity index (χ3v) is 6.35. The quantitative estimate of drug-likeness (QED) is 0.704. The summed E-state index contributed by atoms with van der Waals surface area (Å²) in [6.45, 7) is 10.9. The number of nitrogens with zero attached hydrogens (tertiary/aromatic N) is 4. The largest absolute Gasteiger partial charge is 0.455 e. The Bertz CT molecular complexity index is 857. The number of carbonyl (C=O) groups is 1. The van der Waals surface area contributed by atoms with Gasteiger partial charge >= 0.3 is 0 Å². The van der Waals surface area contributed by atoms with Crippen molar-refractivity contribution in [2.24, 2.45) is 0 Å². The van der Waals surface area contributed by atoms with Crippen molar-refractivity contribution < 1.29 is 9.53 Å². The van der Waals surface area contributed by atoms with Gasteiger partial charge in [0.05, 0.1) is 6.20 Å². The van der Waals surface area contributed by atoms with E-state index >= 15 is 0 Å². The molecule has 0 saturated carbocycles. The van der Waals surface area contributed by atoms with Crippen LogP contribution in [0.3, 0.4) is 0 Å². The minimum Gasteiger partial charge on any atom is -0.455 e. The van der Waals surface area contributed by atoms with Crippen molar-refractivity contribution in [3.63, 3.8) is 0 Å². The Morgan fingerprint density at radius 3 is 2.48 bits per heavy atom. The van der Waals surface area contributed by atoms with Crippen LogP contribution in [-0.2, 0) is 6.54 Å². The van der Waals surface area contributed by atoms with E-state index in [0.29, 0.717) is 17.4 Å².